The summed E-state index contributed by atoms with van der Waals surface area (Å²) < 4.78 is 48.9. The molecule has 1 saturated heterocycles. The number of carbonyl (C=O) groups is 1. The topological polar surface area (TPSA) is 50.8 Å². The Hall–Kier alpha value is -2.87. The Labute approximate surface area is 189 Å². The zero-order chi connectivity index (χ0) is 23.1. The quantitative estimate of drug-likeness (QED) is 0.568. The van der Waals surface area contributed by atoms with Crippen molar-refractivity contribution in [2.45, 2.75) is 25.1 Å². The fourth-order valence-corrected chi connectivity index (χ4v) is 3.39. The minimum Gasteiger partial charge on any atom is -0.489 e. The van der Waals surface area contributed by atoms with E-state index in [4.69, 9.17) is 21.1 Å². The lowest BCUT2D eigenvalue weighted by atomic mass is 10.2. The highest BCUT2D eigenvalue weighted by molar-refractivity contribution is 6.30. The summed E-state index contributed by atoms with van der Waals surface area (Å²) >= 11 is 5.88. The standard InChI is InChI=1S/C23H24ClF3N2O3/c1-16(29-13-11-21(14-29)32-20-8-4-18(24)5-9-20)10-12-28-22(30)15-31-19-6-2-17(3-7-19)23(25,26)27/h2-9,21H,1,10-15H2,(H,28,30). The Bertz CT molecular complexity index is 918. The maximum absolute atomic E-state index is 12.6. The van der Waals surface area contributed by atoms with Crippen LogP contribution in [0.25, 0.3) is 0 Å². The Morgan fingerprint density at radius 1 is 1.12 bits per heavy atom. The van der Waals surface area contributed by atoms with Crippen LogP contribution < -0.4 is 14.8 Å². The normalized spacial score (nSPS) is 16.0. The SMILES string of the molecule is C=C(CCNC(=O)COc1ccc(C(F)(F)F)cc1)N1CCC(Oc2ccc(Cl)cc2)C1. The highest BCUT2D eigenvalue weighted by Crippen LogP contribution is 2.30. The van der Waals surface area contributed by atoms with Crippen molar-refractivity contribution in [2.24, 2.45) is 0 Å². The van der Waals surface area contributed by atoms with Gasteiger partial charge in [-0.25, -0.2) is 0 Å². The molecular weight excluding hydrogens is 445 g/mol. The van der Waals surface area contributed by atoms with Crippen LogP contribution in [0, 0.1) is 0 Å². The number of benzene rings is 2. The number of nitrogens with zero attached hydrogens (tertiary/aromatic N) is 1. The maximum atomic E-state index is 12.6. The molecule has 3 rings (SSSR count). The predicted molar refractivity (Wildman–Crippen MR) is 116 cm³/mol. The third-order valence-corrected chi connectivity index (χ3v) is 5.25. The molecule has 1 amide bonds. The van der Waals surface area contributed by atoms with Crippen molar-refractivity contribution in [2.75, 3.05) is 26.2 Å². The molecule has 1 heterocycles. The fraction of sp³-hybridized carbons (Fsp3) is 0.348. The van der Waals surface area contributed by atoms with Crippen LogP contribution in [0.3, 0.4) is 0 Å². The van der Waals surface area contributed by atoms with E-state index < -0.39 is 11.7 Å². The number of alkyl halides is 3. The van der Waals surface area contributed by atoms with Gasteiger partial charge in [0, 0.05) is 36.7 Å². The summed E-state index contributed by atoms with van der Waals surface area (Å²) in [4.78, 5) is 14.1. The van der Waals surface area contributed by atoms with Crippen LogP contribution in [-0.2, 0) is 11.0 Å². The Morgan fingerprint density at radius 2 is 1.78 bits per heavy atom. The van der Waals surface area contributed by atoms with Crippen molar-refractivity contribution >= 4 is 17.5 Å². The minimum absolute atomic E-state index is 0.0552. The Kier molecular flexibility index (Phi) is 7.90. The number of nitrogens with one attached hydrogen (secondary N) is 1. The lowest BCUT2D eigenvalue weighted by Gasteiger charge is -2.21. The largest absolute Gasteiger partial charge is 0.489 e. The number of ether oxygens (including phenoxy) is 2. The van der Waals surface area contributed by atoms with Gasteiger partial charge in [0.2, 0.25) is 0 Å². The van der Waals surface area contributed by atoms with Crippen LogP contribution >= 0.6 is 11.6 Å². The van der Waals surface area contributed by atoms with Gasteiger partial charge in [-0.05, 0) is 48.5 Å². The molecule has 9 heteroatoms. The summed E-state index contributed by atoms with van der Waals surface area (Å²) in [6.45, 7) is 5.73. The van der Waals surface area contributed by atoms with Crippen molar-refractivity contribution in [3.8, 4) is 11.5 Å². The third kappa shape index (κ3) is 7.09. The molecule has 32 heavy (non-hydrogen) atoms. The van der Waals surface area contributed by atoms with E-state index in [9.17, 15) is 18.0 Å². The first-order chi connectivity index (χ1) is 15.2. The lowest BCUT2D eigenvalue weighted by Crippen LogP contribution is -2.31. The van der Waals surface area contributed by atoms with Crippen LogP contribution in [0.1, 0.15) is 18.4 Å². The van der Waals surface area contributed by atoms with Gasteiger partial charge < -0.3 is 19.7 Å². The average Bonchev–Trinajstić information content (AvgIpc) is 3.22. The van der Waals surface area contributed by atoms with Gasteiger partial charge >= 0.3 is 6.18 Å². The summed E-state index contributed by atoms with van der Waals surface area (Å²) in [6.07, 6.45) is -2.91. The molecule has 1 unspecified atom stereocenters. The molecule has 0 aromatic heterocycles. The molecule has 0 saturated carbocycles. The van der Waals surface area contributed by atoms with Crippen LogP contribution in [-0.4, -0.2) is 43.2 Å². The van der Waals surface area contributed by atoms with E-state index in [-0.39, 0.29) is 24.4 Å². The highest BCUT2D eigenvalue weighted by Gasteiger charge is 2.30. The predicted octanol–water partition coefficient (Wildman–Crippen LogP) is 4.91. The first-order valence-corrected chi connectivity index (χ1v) is 10.5. The smallest absolute Gasteiger partial charge is 0.416 e. The van der Waals surface area contributed by atoms with Crippen molar-refractivity contribution < 1.29 is 27.4 Å². The summed E-state index contributed by atoms with van der Waals surface area (Å²) in [6, 6.07) is 11.4. The van der Waals surface area contributed by atoms with Gasteiger partial charge in [-0.3, -0.25) is 4.79 Å². The Morgan fingerprint density at radius 3 is 2.44 bits per heavy atom. The molecule has 2 aromatic rings. The number of amides is 1. The van der Waals surface area contributed by atoms with E-state index in [2.05, 4.69) is 16.8 Å². The van der Waals surface area contributed by atoms with E-state index in [1.807, 2.05) is 12.1 Å². The third-order valence-electron chi connectivity index (χ3n) is 5.00. The highest BCUT2D eigenvalue weighted by atomic mass is 35.5. The van der Waals surface area contributed by atoms with Crippen LogP contribution in [0.5, 0.6) is 11.5 Å². The molecule has 0 radical (unpaired) electrons. The molecule has 1 aliphatic heterocycles. The van der Waals surface area contributed by atoms with E-state index in [1.165, 1.54) is 12.1 Å². The number of hydrogen-bond acceptors (Lipinski definition) is 4. The van der Waals surface area contributed by atoms with Crippen molar-refractivity contribution in [3.05, 3.63) is 71.4 Å². The molecule has 1 N–H and O–H groups in total. The average molecular weight is 469 g/mol. The number of hydrogen-bond donors (Lipinski definition) is 1. The van der Waals surface area contributed by atoms with Gasteiger partial charge in [-0.15, -0.1) is 0 Å². The van der Waals surface area contributed by atoms with Crippen molar-refractivity contribution in [3.63, 3.8) is 0 Å². The second-order valence-corrected chi connectivity index (χ2v) is 7.84. The fourth-order valence-electron chi connectivity index (χ4n) is 3.26. The van der Waals surface area contributed by atoms with Gasteiger partial charge in [-0.1, -0.05) is 18.2 Å². The molecule has 172 valence electrons. The molecule has 1 aliphatic rings. The molecule has 0 spiro atoms. The van der Waals surface area contributed by atoms with Crippen molar-refractivity contribution in [1.82, 2.24) is 10.2 Å². The summed E-state index contributed by atoms with van der Waals surface area (Å²) in [5.41, 5.74) is 0.131. The van der Waals surface area contributed by atoms with Crippen molar-refractivity contribution in [1.29, 1.82) is 0 Å². The second-order valence-electron chi connectivity index (χ2n) is 7.41. The molecule has 2 aromatic carbocycles. The zero-order valence-corrected chi connectivity index (χ0v) is 18.1. The molecule has 0 aliphatic carbocycles. The molecule has 5 nitrogen and oxygen atoms in total. The first kappa shape index (κ1) is 23.8. The number of rotatable bonds is 9. The summed E-state index contributed by atoms with van der Waals surface area (Å²) in [5, 5.41) is 3.38. The molecular formula is C23H24ClF3N2O3. The van der Waals surface area contributed by atoms with E-state index >= 15 is 0 Å². The van der Waals surface area contributed by atoms with Gasteiger partial charge in [0.15, 0.2) is 6.61 Å². The second kappa shape index (κ2) is 10.6. The molecule has 1 fully saturated rings. The van der Waals surface area contributed by atoms with Gasteiger partial charge in [0.05, 0.1) is 12.1 Å². The Balaban J connectivity index is 1.33. The van der Waals surface area contributed by atoms with Gasteiger partial charge in [0.25, 0.3) is 5.91 Å². The first-order valence-electron chi connectivity index (χ1n) is 10.1. The van der Waals surface area contributed by atoms with E-state index in [1.54, 1.807) is 12.1 Å². The van der Waals surface area contributed by atoms with Crippen LogP contribution in [0.15, 0.2) is 60.8 Å². The lowest BCUT2D eigenvalue weighted by molar-refractivity contribution is -0.137. The summed E-state index contributed by atoms with van der Waals surface area (Å²) in [5.74, 6) is 0.608. The maximum Gasteiger partial charge on any atom is 0.416 e. The van der Waals surface area contributed by atoms with Crippen LogP contribution in [0.4, 0.5) is 13.2 Å². The number of likely N-dealkylation sites (tertiary alicyclic amines) is 1. The van der Waals surface area contributed by atoms with Crippen LogP contribution in [0.2, 0.25) is 5.02 Å². The zero-order valence-electron chi connectivity index (χ0n) is 17.3. The number of carbonyl (C=O) groups excluding carboxylic acids is 1. The van der Waals surface area contributed by atoms with E-state index in [0.717, 1.165) is 36.5 Å². The monoisotopic (exact) mass is 468 g/mol. The number of halogens is 4. The summed E-state index contributed by atoms with van der Waals surface area (Å²) in [7, 11) is 0. The van der Waals surface area contributed by atoms with Gasteiger partial charge in [-0.2, -0.15) is 13.2 Å². The molecule has 0 bridgehead atoms. The van der Waals surface area contributed by atoms with Gasteiger partial charge in [0.1, 0.15) is 17.6 Å². The minimum atomic E-state index is -4.41. The van der Waals surface area contributed by atoms with E-state index in [0.29, 0.717) is 24.5 Å². The molecule has 1 atom stereocenters.